The van der Waals surface area contributed by atoms with Crippen LogP contribution in [0.4, 0.5) is 0 Å². The van der Waals surface area contributed by atoms with E-state index >= 15 is 0 Å². The van der Waals surface area contributed by atoms with Gasteiger partial charge in [0.05, 0.1) is 26.8 Å². The van der Waals surface area contributed by atoms with E-state index in [9.17, 15) is 0 Å². The van der Waals surface area contributed by atoms with Gasteiger partial charge in [0, 0.05) is 38.0 Å². The Morgan fingerprint density at radius 3 is 2.09 bits per heavy atom. The average Bonchev–Trinajstić information content (AvgIpc) is 3.83. The molecule has 0 N–H and O–H groups in total. The van der Waals surface area contributed by atoms with Gasteiger partial charge < -0.3 is 4.57 Å². The molecule has 0 aliphatic heterocycles. The molecular weight excluding hydrogens is 579 g/mol. The minimum atomic E-state index is -0.0411. The van der Waals surface area contributed by atoms with E-state index in [0.29, 0.717) is 0 Å². The van der Waals surface area contributed by atoms with Crippen molar-refractivity contribution in [2.24, 2.45) is 0 Å². The second kappa shape index (κ2) is 9.29. The minimum absolute atomic E-state index is 0.0411. The Morgan fingerprint density at radius 2 is 1.24 bits per heavy atom. The lowest BCUT2D eigenvalue weighted by atomic mass is 9.81. The van der Waals surface area contributed by atoms with Gasteiger partial charge in [0.25, 0.3) is 0 Å². The van der Waals surface area contributed by atoms with Crippen molar-refractivity contribution in [2.75, 3.05) is 0 Å². The molecule has 0 radical (unpaired) electrons. The van der Waals surface area contributed by atoms with E-state index in [-0.39, 0.29) is 5.41 Å². The van der Waals surface area contributed by atoms with E-state index < -0.39 is 0 Å². The molecule has 0 saturated carbocycles. The summed E-state index contributed by atoms with van der Waals surface area (Å²) < 4.78 is 6.10. The number of hydrogen-bond donors (Lipinski definition) is 0. The van der Waals surface area contributed by atoms with E-state index in [2.05, 4.69) is 163 Å². The van der Waals surface area contributed by atoms with E-state index in [4.69, 9.17) is 4.98 Å². The van der Waals surface area contributed by atoms with E-state index in [1.54, 1.807) is 0 Å². The van der Waals surface area contributed by atoms with E-state index in [1.165, 1.54) is 53.5 Å². The van der Waals surface area contributed by atoms with Crippen molar-refractivity contribution < 1.29 is 0 Å². The molecule has 0 spiro atoms. The van der Waals surface area contributed by atoms with Crippen molar-refractivity contribution in [3.63, 3.8) is 0 Å². The fraction of sp³-hybridized carbons (Fsp3) is 0.0714. The first-order chi connectivity index (χ1) is 22.6. The molecule has 0 atom stereocenters. The number of imidazole rings is 1. The third kappa shape index (κ3) is 3.39. The van der Waals surface area contributed by atoms with Crippen LogP contribution >= 0.6 is 11.3 Å². The van der Waals surface area contributed by atoms with Gasteiger partial charge in [-0.15, -0.1) is 11.3 Å². The molecule has 1 aliphatic rings. The van der Waals surface area contributed by atoms with E-state index in [1.807, 2.05) is 11.3 Å². The van der Waals surface area contributed by atoms with Crippen LogP contribution in [0.2, 0.25) is 0 Å². The monoisotopic (exact) mass is 607 g/mol. The van der Waals surface area contributed by atoms with Crippen LogP contribution in [0.5, 0.6) is 0 Å². The van der Waals surface area contributed by atoms with Crippen LogP contribution in [0.3, 0.4) is 0 Å². The lowest BCUT2D eigenvalue weighted by Gasteiger charge is -2.21. The highest BCUT2D eigenvalue weighted by Gasteiger charge is 2.39. The number of para-hydroxylation sites is 4. The molecule has 0 fully saturated rings. The molecule has 6 aromatic carbocycles. The molecule has 218 valence electrons. The molecule has 0 amide bonds. The van der Waals surface area contributed by atoms with Crippen molar-refractivity contribution in [3.05, 3.63) is 151 Å². The van der Waals surface area contributed by atoms with Crippen LogP contribution < -0.4 is 0 Å². The molecule has 1 aliphatic carbocycles. The number of fused-ring (bicyclic) bond motifs is 10. The third-order valence-corrected chi connectivity index (χ3v) is 11.2. The summed E-state index contributed by atoms with van der Waals surface area (Å²) in [4.78, 5) is 6.52. The standard InChI is InChI=1S/C42H29N3S/c1-42(2)33-16-8-6-15-31(33)39-37(42)32-25-24-30-29-14-7-10-18-35(29)44(38(30)40(32)46-39)28-22-20-26(21-23-28)41-43-34-17-9-11-19-36(34)45(41)27-12-4-3-5-13-27/h3-25H,1-2H3. The zero-order valence-corrected chi connectivity index (χ0v) is 26.3. The van der Waals surface area contributed by atoms with Crippen LogP contribution in [0.25, 0.3) is 76.1 Å². The van der Waals surface area contributed by atoms with Crippen molar-refractivity contribution in [1.29, 1.82) is 0 Å². The Kier molecular flexibility index (Phi) is 5.22. The van der Waals surface area contributed by atoms with Gasteiger partial charge in [0.1, 0.15) is 5.82 Å². The van der Waals surface area contributed by atoms with Crippen molar-refractivity contribution in [2.45, 2.75) is 19.3 Å². The summed E-state index contributed by atoms with van der Waals surface area (Å²) in [5, 5.41) is 3.94. The Morgan fingerprint density at radius 1 is 0.565 bits per heavy atom. The fourth-order valence-corrected chi connectivity index (χ4v) is 9.40. The van der Waals surface area contributed by atoms with Crippen LogP contribution in [0.15, 0.2) is 140 Å². The van der Waals surface area contributed by atoms with Crippen LogP contribution in [-0.4, -0.2) is 14.1 Å². The van der Waals surface area contributed by atoms with Gasteiger partial charge in [-0.3, -0.25) is 4.57 Å². The summed E-state index contributed by atoms with van der Waals surface area (Å²) in [6, 6.07) is 50.4. The Balaban J connectivity index is 1.21. The highest BCUT2D eigenvalue weighted by molar-refractivity contribution is 7.23. The van der Waals surface area contributed by atoms with Gasteiger partial charge in [-0.1, -0.05) is 98.8 Å². The molecule has 46 heavy (non-hydrogen) atoms. The zero-order chi connectivity index (χ0) is 30.6. The summed E-state index contributed by atoms with van der Waals surface area (Å²) in [5.74, 6) is 0.944. The lowest BCUT2D eigenvalue weighted by molar-refractivity contribution is 0.667. The number of aromatic nitrogens is 3. The van der Waals surface area contributed by atoms with Crippen LogP contribution in [0.1, 0.15) is 25.0 Å². The molecule has 0 unspecified atom stereocenters. The summed E-state index contributed by atoms with van der Waals surface area (Å²) >= 11 is 1.95. The Hall–Kier alpha value is -5.45. The first-order valence-electron chi connectivity index (χ1n) is 15.8. The topological polar surface area (TPSA) is 22.8 Å². The zero-order valence-electron chi connectivity index (χ0n) is 25.5. The minimum Gasteiger partial charge on any atom is -0.308 e. The molecule has 10 rings (SSSR count). The lowest BCUT2D eigenvalue weighted by Crippen LogP contribution is -2.14. The summed E-state index contributed by atoms with van der Waals surface area (Å²) in [7, 11) is 0. The summed E-state index contributed by atoms with van der Waals surface area (Å²) in [5.41, 5.74) is 12.2. The molecule has 0 bridgehead atoms. The average molecular weight is 608 g/mol. The van der Waals surface area contributed by atoms with Crippen LogP contribution in [-0.2, 0) is 5.41 Å². The maximum absolute atomic E-state index is 5.11. The second-order valence-electron chi connectivity index (χ2n) is 12.8. The largest absolute Gasteiger partial charge is 0.308 e. The molecule has 9 aromatic rings. The Labute approximate surface area is 270 Å². The molecule has 3 heterocycles. The molecule has 0 saturated heterocycles. The highest BCUT2D eigenvalue weighted by Crippen LogP contribution is 2.56. The molecular formula is C42H29N3S. The molecule has 4 heteroatoms. The normalized spacial score (nSPS) is 13.6. The van der Waals surface area contributed by atoms with Gasteiger partial charge in [-0.05, 0) is 76.7 Å². The molecule has 3 nitrogen and oxygen atoms in total. The quantitative estimate of drug-likeness (QED) is 0.196. The van der Waals surface area contributed by atoms with Crippen LogP contribution in [0, 0.1) is 0 Å². The predicted octanol–water partition coefficient (Wildman–Crippen LogP) is 11.3. The summed E-state index contributed by atoms with van der Waals surface area (Å²) in [6.45, 7) is 4.76. The Bertz CT molecular complexity index is 2650. The van der Waals surface area contributed by atoms with Crippen molar-refractivity contribution in [3.8, 4) is 33.2 Å². The first-order valence-corrected chi connectivity index (χ1v) is 16.6. The van der Waals surface area contributed by atoms with Gasteiger partial charge in [-0.2, -0.15) is 0 Å². The summed E-state index contributed by atoms with van der Waals surface area (Å²) in [6.07, 6.45) is 0. The number of rotatable bonds is 3. The van der Waals surface area contributed by atoms with Crippen molar-refractivity contribution >= 4 is 54.3 Å². The number of nitrogens with zero attached hydrogens (tertiary/aromatic N) is 3. The predicted molar refractivity (Wildman–Crippen MR) is 194 cm³/mol. The van der Waals surface area contributed by atoms with E-state index in [0.717, 1.165) is 33.8 Å². The fourth-order valence-electron chi connectivity index (χ4n) is 7.86. The third-order valence-electron chi connectivity index (χ3n) is 9.92. The number of benzene rings is 6. The maximum Gasteiger partial charge on any atom is 0.145 e. The first kappa shape index (κ1) is 25.8. The van der Waals surface area contributed by atoms with Crippen molar-refractivity contribution in [1.82, 2.24) is 14.1 Å². The second-order valence-corrected chi connectivity index (χ2v) is 13.8. The number of thiophene rings is 1. The van der Waals surface area contributed by atoms with Gasteiger partial charge in [-0.25, -0.2) is 4.98 Å². The van der Waals surface area contributed by atoms with Gasteiger partial charge in [0.2, 0.25) is 0 Å². The maximum atomic E-state index is 5.11. The van der Waals surface area contributed by atoms with Gasteiger partial charge in [0.15, 0.2) is 0 Å². The highest BCUT2D eigenvalue weighted by atomic mass is 32.1. The SMILES string of the molecule is CC1(C)c2ccccc2-c2sc3c(ccc4c5ccccc5n(-c5ccc(-c6nc7ccccc7n6-c6ccccc6)cc5)c43)c21. The number of hydrogen-bond acceptors (Lipinski definition) is 2. The smallest absolute Gasteiger partial charge is 0.145 e. The molecule has 3 aromatic heterocycles. The van der Waals surface area contributed by atoms with Gasteiger partial charge >= 0.3 is 0 Å².